The van der Waals surface area contributed by atoms with Crippen molar-refractivity contribution in [2.24, 2.45) is 0 Å². The van der Waals surface area contributed by atoms with Crippen molar-refractivity contribution in [1.82, 2.24) is 9.97 Å². The molecule has 2 aliphatic rings. The highest BCUT2D eigenvalue weighted by molar-refractivity contribution is 7.92. The highest BCUT2D eigenvalue weighted by atomic mass is 32.2. The summed E-state index contributed by atoms with van der Waals surface area (Å²) in [5.41, 5.74) is 7.46. The summed E-state index contributed by atoms with van der Waals surface area (Å²) in [4.78, 5) is 11.3. The van der Waals surface area contributed by atoms with Crippen LogP contribution in [0.1, 0.15) is 18.5 Å². The van der Waals surface area contributed by atoms with E-state index in [-0.39, 0.29) is 0 Å². The van der Waals surface area contributed by atoms with Crippen molar-refractivity contribution < 1.29 is 26.7 Å². The minimum atomic E-state index is -3.76. The van der Waals surface area contributed by atoms with Crippen LogP contribution in [0.2, 0.25) is 0 Å². The summed E-state index contributed by atoms with van der Waals surface area (Å²) in [6.45, 7) is -1.22. The zero-order chi connectivity index (χ0) is 22.1. The average Bonchev–Trinajstić information content (AvgIpc) is 3.57. The van der Waals surface area contributed by atoms with Crippen molar-refractivity contribution in [3.8, 4) is 11.4 Å². The third kappa shape index (κ3) is 4.63. The highest BCUT2D eigenvalue weighted by Gasteiger charge is 2.57. The molecule has 0 amide bonds. The van der Waals surface area contributed by atoms with Gasteiger partial charge < -0.3 is 20.1 Å². The van der Waals surface area contributed by atoms with E-state index in [1.54, 1.807) is 30.3 Å². The van der Waals surface area contributed by atoms with E-state index in [2.05, 4.69) is 14.7 Å². The van der Waals surface area contributed by atoms with E-state index in [1.807, 2.05) is 4.90 Å². The smallest absolute Gasteiger partial charge is 0.345 e. The maximum Gasteiger partial charge on any atom is 0.345 e. The first-order chi connectivity index (χ1) is 14.8. The van der Waals surface area contributed by atoms with Crippen molar-refractivity contribution >= 4 is 21.3 Å². The van der Waals surface area contributed by atoms with Gasteiger partial charge in [0.1, 0.15) is 10.6 Å². The zero-order valence-electron chi connectivity index (χ0n) is 16.8. The number of ether oxygens (including phenoxy) is 2. The summed E-state index contributed by atoms with van der Waals surface area (Å²) in [7, 11) is -3.76. The standard InChI is InChI=1S/C20H24F2N4O4S/c21-19(22)30-11-12-31(27,28)20(5-6-20)16-13-17(26-7-9-29-10-8-26)25-18(24-16)14-1-3-15(23)4-2-14/h1-4,13,19H,5-12,23H2. The molecule has 4 rings (SSSR count). The molecule has 0 spiro atoms. The molecule has 2 aromatic rings. The first-order valence-corrected chi connectivity index (χ1v) is 11.7. The summed E-state index contributed by atoms with van der Waals surface area (Å²) in [6, 6.07) is 8.71. The van der Waals surface area contributed by atoms with E-state index >= 15 is 0 Å². The number of morpholine rings is 1. The van der Waals surface area contributed by atoms with Crippen LogP contribution in [0, 0.1) is 0 Å². The normalized spacial score (nSPS) is 18.4. The number of anilines is 2. The van der Waals surface area contributed by atoms with Crippen LogP contribution in [0.15, 0.2) is 30.3 Å². The van der Waals surface area contributed by atoms with Crippen LogP contribution < -0.4 is 10.6 Å². The lowest BCUT2D eigenvalue weighted by Crippen LogP contribution is -2.37. The molecule has 11 heteroatoms. The molecule has 0 radical (unpaired) electrons. The summed E-state index contributed by atoms with van der Waals surface area (Å²) >= 11 is 0. The van der Waals surface area contributed by atoms with Crippen LogP contribution in [-0.2, 0) is 24.1 Å². The molecule has 1 aromatic heterocycles. The molecule has 1 aliphatic carbocycles. The molecule has 31 heavy (non-hydrogen) atoms. The maximum absolute atomic E-state index is 13.0. The number of hydrogen-bond acceptors (Lipinski definition) is 8. The summed E-state index contributed by atoms with van der Waals surface area (Å²) in [5, 5.41) is 0. The minimum absolute atomic E-state index is 0.380. The lowest BCUT2D eigenvalue weighted by atomic mass is 10.1. The number of sulfone groups is 1. The van der Waals surface area contributed by atoms with Gasteiger partial charge in [0.25, 0.3) is 0 Å². The second-order valence-corrected chi connectivity index (χ2v) is 10.0. The van der Waals surface area contributed by atoms with E-state index in [0.717, 1.165) is 0 Å². The first-order valence-electron chi connectivity index (χ1n) is 10.0. The Labute approximate surface area is 179 Å². The van der Waals surface area contributed by atoms with E-state index in [1.165, 1.54) is 0 Å². The van der Waals surface area contributed by atoms with Crippen molar-refractivity contribution in [3.63, 3.8) is 0 Å². The predicted molar refractivity (Wildman–Crippen MR) is 112 cm³/mol. The monoisotopic (exact) mass is 454 g/mol. The van der Waals surface area contributed by atoms with Crippen LogP contribution in [0.5, 0.6) is 0 Å². The number of rotatable bonds is 8. The fourth-order valence-electron chi connectivity index (χ4n) is 3.67. The number of aromatic nitrogens is 2. The molecule has 2 fully saturated rings. The van der Waals surface area contributed by atoms with Gasteiger partial charge in [-0.2, -0.15) is 8.78 Å². The lowest BCUT2D eigenvalue weighted by molar-refractivity contribution is -0.123. The van der Waals surface area contributed by atoms with Gasteiger partial charge in [0.05, 0.1) is 31.3 Å². The second kappa shape index (κ2) is 8.64. The van der Waals surface area contributed by atoms with Gasteiger partial charge in [-0.25, -0.2) is 18.4 Å². The van der Waals surface area contributed by atoms with E-state index < -0.39 is 33.6 Å². The number of nitrogens with two attached hydrogens (primary N) is 1. The van der Waals surface area contributed by atoms with Gasteiger partial charge in [-0.15, -0.1) is 0 Å². The van der Waals surface area contributed by atoms with Crippen LogP contribution >= 0.6 is 0 Å². The SMILES string of the molecule is Nc1ccc(-c2nc(N3CCOCC3)cc(C3(S(=O)(=O)CCOC(F)F)CC3)n2)cc1. The fourth-order valence-corrected chi connectivity index (χ4v) is 5.52. The third-order valence-electron chi connectivity index (χ3n) is 5.58. The number of halogens is 2. The fraction of sp³-hybridized carbons (Fsp3) is 0.500. The summed E-state index contributed by atoms with van der Waals surface area (Å²) in [6.07, 6.45) is 0.759. The Morgan fingerprint density at radius 1 is 1.16 bits per heavy atom. The largest absolute Gasteiger partial charge is 0.399 e. The third-order valence-corrected chi connectivity index (χ3v) is 8.09. The predicted octanol–water partition coefficient (Wildman–Crippen LogP) is 2.21. The van der Waals surface area contributed by atoms with Crippen LogP contribution in [0.3, 0.4) is 0 Å². The van der Waals surface area contributed by atoms with Gasteiger partial charge >= 0.3 is 6.61 Å². The van der Waals surface area contributed by atoms with Gasteiger partial charge in [0.15, 0.2) is 15.7 Å². The van der Waals surface area contributed by atoms with Gasteiger partial charge in [0, 0.05) is 30.4 Å². The van der Waals surface area contributed by atoms with Gasteiger partial charge in [-0.05, 0) is 37.1 Å². The second-order valence-electron chi connectivity index (χ2n) is 7.60. The molecular weight excluding hydrogens is 430 g/mol. The van der Waals surface area contributed by atoms with Gasteiger partial charge in [0.2, 0.25) is 0 Å². The molecule has 1 saturated carbocycles. The zero-order valence-corrected chi connectivity index (χ0v) is 17.7. The van der Waals surface area contributed by atoms with E-state index in [4.69, 9.17) is 10.5 Å². The molecule has 1 saturated heterocycles. The van der Waals surface area contributed by atoms with Crippen molar-refractivity contribution in [2.75, 3.05) is 49.3 Å². The Balaban J connectivity index is 1.72. The molecular formula is C20H24F2N4O4S. The molecule has 1 aliphatic heterocycles. The average molecular weight is 454 g/mol. The molecule has 2 N–H and O–H groups in total. The lowest BCUT2D eigenvalue weighted by Gasteiger charge is -2.29. The topological polar surface area (TPSA) is 108 Å². The summed E-state index contributed by atoms with van der Waals surface area (Å²) in [5.74, 6) is 0.514. The number of benzene rings is 1. The minimum Gasteiger partial charge on any atom is -0.399 e. The first kappa shape index (κ1) is 21.8. The highest BCUT2D eigenvalue weighted by Crippen LogP contribution is 2.53. The van der Waals surface area contributed by atoms with Crippen molar-refractivity contribution in [3.05, 3.63) is 36.0 Å². The molecule has 1 aromatic carbocycles. The number of alkyl halides is 2. The van der Waals surface area contributed by atoms with Crippen molar-refractivity contribution in [2.45, 2.75) is 24.2 Å². The van der Waals surface area contributed by atoms with E-state index in [0.29, 0.717) is 67.7 Å². The van der Waals surface area contributed by atoms with Crippen molar-refractivity contribution in [1.29, 1.82) is 0 Å². The molecule has 2 heterocycles. The Morgan fingerprint density at radius 2 is 1.84 bits per heavy atom. The molecule has 0 unspecified atom stereocenters. The van der Waals surface area contributed by atoms with E-state index in [9.17, 15) is 17.2 Å². The molecule has 8 nitrogen and oxygen atoms in total. The quantitative estimate of drug-likeness (QED) is 0.605. The number of nitrogen functional groups attached to an aromatic ring is 1. The Kier molecular flexibility index (Phi) is 6.09. The maximum atomic E-state index is 13.0. The van der Waals surface area contributed by atoms with Gasteiger partial charge in [-0.3, -0.25) is 0 Å². The van der Waals surface area contributed by atoms with Crippen LogP contribution in [0.25, 0.3) is 11.4 Å². The van der Waals surface area contributed by atoms with Crippen LogP contribution in [-0.4, -0.2) is 63.7 Å². The molecule has 168 valence electrons. The Morgan fingerprint density at radius 3 is 2.45 bits per heavy atom. The Hall–Kier alpha value is -2.37. The Bertz CT molecular complexity index is 1020. The van der Waals surface area contributed by atoms with Gasteiger partial charge in [-0.1, -0.05) is 0 Å². The summed E-state index contributed by atoms with van der Waals surface area (Å²) < 4.78 is 59.1. The number of nitrogens with zero attached hydrogens (tertiary/aromatic N) is 3. The molecule has 0 bridgehead atoms. The van der Waals surface area contributed by atoms with Crippen LogP contribution in [0.4, 0.5) is 20.3 Å². The number of hydrogen-bond donors (Lipinski definition) is 1. The molecule has 0 atom stereocenters.